The third kappa shape index (κ3) is 2.62. The molecule has 1 unspecified atom stereocenters. The van der Waals surface area contributed by atoms with Crippen LogP contribution in [0.1, 0.15) is 19.3 Å². The van der Waals surface area contributed by atoms with Crippen molar-refractivity contribution in [3.63, 3.8) is 0 Å². The Bertz CT molecular complexity index is 338. The first-order valence-electron chi connectivity index (χ1n) is 5.67. The van der Waals surface area contributed by atoms with Crippen LogP contribution < -0.4 is 10.6 Å². The van der Waals surface area contributed by atoms with E-state index in [4.69, 9.17) is 5.73 Å². The van der Waals surface area contributed by atoms with E-state index in [0.717, 1.165) is 18.2 Å². The van der Waals surface area contributed by atoms with Crippen LogP contribution in [0.4, 0.5) is 10.3 Å². The molecule has 2 heterocycles. The van der Waals surface area contributed by atoms with Crippen LogP contribution >= 0.6 is 11.3 Å². The van der Waals surface area contributed by atoms with Gasteiger partial charge in [-0.05, 0) is 33.4 Å². The fourth-order valence-corrected chi connectivity index (χ4v) is 2.80. The molecule has 0 spiro atoms. The average Bonchev–Trinajstić information content (AvgIpc) is 2.54. The van der Waals surface area contributed by atoms with Crippen molar-refractivity contribution >= 4 is 21.6 Å². The van der Waals surface area contributed by atoms with E-state index in [2.05, 4.69) is 34.1 Å². The van der Waals surface area contributed by atoms with Gasteiger partial charge in [-0.15, -0.1) is 10.2 Å². The molecule has 0 radical (unpaired) electrons. The minimum atomic E-state index is 0.559. The third-order valence-electron chi connectivity index (χ3n) is 3.13. The van der Waals surface area contributed by atoms with Crippen molar-refractivity contribution in [1.29, 1.82) is 0 Å². The zero-order valence-electron chi connectivity index (χ0n) is 9.89. The van der Waals surface area contributed by atoms with E-state index in [0.29, 0.717) is 11.2 Å². The highest BCUT2D eigenvalue weighted by Gasteiger charge is 2.20. The Morgan fingerprint density at radius 2 is 2.12 bits per heavy atom. The highest BCUT2D eigenvalue weighted by molar-refractivity contribution is 7.18. The largest absolute Gasteiger partial charge is 0.374 e. The number of nitrogens with zero attached hydrogens (tertiary/aromatic N) is 4. The van der Waals surface area contributed by atoms with E-state index in [-0.39, 0.29) is 0 Å². The Morgan fingerprint density at radius 1 is 1.31 bits per heavy atom. The molecule has 1 aliphatic rings. The highest BCUT2D eigenvalue weighted by Crippen LogP contribution is 2.25. The summed E-state index contributed by atoms with van der Waals surface area (Å²) < 4.78 is 0. The monoisotopic (exact) mass is 241 g/mol. The molecule has 0 aliphatic carbocycles. The van der Waals surface area contributed by atoms with Crippen molar-refractivity contribution in [2.24, 2.45) is 0 Å². The second kappa shape index (κ2) is 4.97. The van der Waals surface area contributed by atoms with Gasteiger partial charge in [-0.2, -0.15) is 0 Å². The smallest absolute Gasteiger partial charge is 0.209 e. The van der Waals surface area contributed by atoms with Crippen molar-refractivity contribution in [2.45, 2.75) is 25.3 Å². The van der Waals surface area contributed by atoms with Gasteiger partial charge in [-0.3, -0.25) is 0 Å². The van der Waals surface area contributed by atoms with Gasteiger partial charge in [0.2, 0.25) is 10.3 Å². The first kappa shape index (κ1) is 11.6. The van der Waals surface area contributed by atoms with Gasteiger partial charge in [-0.1, -0.05) is 11.3 Å². The topological polar surface area (TPSA) is 58.3 Å². The summed E-state index contributed by atoms with van der Waals surface area (Å²) in [6, 6.07) is 0.690. The van der Waals surface area contributed by atoms with Crippen LogP contribution in [-0.2, 0) is 0 Å². The Labute approximate surface area is 100 Å². The summed E-state index contributed by atoms with van der Waals surface area (Å²) in [6.07, 6.45) is 3.66. The molecule has 6 heteroatoms. The van der Waals surface area contributed by atoms with E-state index < -0.39 is 0 Å². The second-order valence-corrected chi connectivity index (χ2v) is 5.45. The Hall–Kier alpha value is -0.880. The molecule has 1 aromatic heterocycles. The predicted molar refractivity (Wildman–Crippen MR) is 67.9 cm³/mol. The number of hydrogen-bond donors (Lipinski definition) is 1. The van der Waals surface area contributed by atoms with Gasteiger partial charge in [0.25, 0.3) is 0 Å². The van der Waals surface area contributed by atoms with Gasteiger partial charge >= 0.3 is 0 Å². The summed E-state index contributed by atoms with van der Waals surface area (Å²) in [5.74, 6) is 0. The third-order valence-corrected chi connectivity index (χ3v) is 3.94. The summed E-state index contributed by atoms with van der Waals surface area (Å²) >= 11 is 1.48. The number of nitrogen functional groups attached to an aromatic ring is 1. The molecule has 90 valence electrons. The molecule has 1 atom stereocenters. The normalized spacial score (nSPS) is 22.4. The zero-order chi connectivity index (χ0) is 11.5. The number of rotatable bonds is 2. The van der Waals surface area contributed by atoms with Crippen molar-refractivity contribution < 1.29 is 0 Å². The van der Waals surface area contributed by atoms with E-state index in [1.807, 2.05) is 0 Å². The van der Waals surface area contributed by atoms with Gasteiger partial charge in [0.15, 0.2) is 0 Å². The summed E-state index contributed by atoms with van der Waals surface area (Å²) in [7, 11) is 4.31. The Kier molecular flexibility index (Phi) is 3.60. The molecule has 1 saturated heterocycles. The molecule has 1 fully saturated rings. The molecule has 0 bridgehead atoms. The Morgan fingerprint density at radius 3 is 2.75 bits per heavy atom. The molecule has 1 aliphatic heterocycles. The molecule has 0 aromatic carbocycles. The standard InChI is InChI=1S/C10H19N5S/c1-14(2)8-4-3-6-15(7-5-8)10-13-12-9(11)16-10/h8H,3-7H2,1-2H3,(H2,11,12). The van der Waals surface area contributed by atoms with Crippen LogP contribution in [0, 0.1) is 0 Å². The number of nitrogens with two attached hydrogens (primary N) is 1. The maximum Gasteiger partial charge on any atom is 0.209 e. The molecule has 1 aromatic rings. The second-order valence-electron chi connectivity index (χ2n) is 4.46. The minimum Gasteiger partial charge on any atom is -0.374 e. The quantitative estimate of drug-likeness (QED) is 0.838. The summed E-state index contributed by atoms with van der Waals surface area (Å²) in [5, 5.41) is 9.51. The van der Waals surface area contributed by atoms with Crippen LogP contribution in [0.2, 0.25) is 0 Å². The van der Waals surface area contributed by atoms with Gasteiger partial charge < -0.3 is 15.5 Å². The van der Waals surface area contributed by atoms with Crippen molar-refractivity contribution in [3.8, 4) is 0 Å². The van der Waals surface area contributed by atoms with E-state index in [1.165, 1.54) is 30.6 Å². The van der Waals surface area contributed by atoms with Crippen LogP contribution in [0.3, 0.4) is 0 Å². The van der Waals surface area contributed by atoms with Gasteiger partial charge in [0.05, 0.1) is 0 Å². The fourth-order valence-electron chi connectivity index (χ4n) is 2.14. The first-order valence-corrected chi connectivity index (χ1v) is 6.49. The lowest BCUT2D eigenvalue weighted by molar-refractivity contribution is 0.272. The first-order chi connectivity index (χ1) is 7.66. The molecule has 0 saturated carbocycles. The lowest BCUT2D eigenvalue weighted by atomic mass is 10.1. The number of aromatic nitrogens is 2. The highest BCUT2D eigenvalue weighted by atomic mass is 32.1. The lowest BCUT2D eigenvalue weighted by Crippen LogP contribution is -2.30. The molecule has 5 nitrogen and oxygen atoms in total. The van der Waals surface area contributed by atoms with Gasteiger partial charge in [0.1, 0.15) is 0 Å². The van der Waals surface area contributed by atoms with E-state index >= 15 is 0 Å². The van der Waals surface area contributed by atoms with Gasteiger partial charge in [0, 0.05) is 19.1 Å². The van der Waals surface area contributed by atoms with Crippen LogP contribution in [0.25, 0.3) is 0 Å². The van der Waals surface area contributed by atoms with E-state index in [9.17, 15) is 0 Å². The zero-order valence-corrected chi connectivity index (χ0v) is 10.7. The molecule has 2 rings (SSSR count). The van der Waals surface area contributed by atoms with Crippen molar-refractivity contribution in [3.05, 3.63) is 0 Å². The van der Waals surface area contributed by atoms with Crippen LogP contribution in [0.5, 0.6) is 0 Å². The summed E-state index contributed by atoms with van der Waals surface area (Å²) in [4.78, 5) is 4.62. The van der Waals surface area contributed by atoms with Gasteiger partial charge in [-0.25, -0.2) is 0 Å². The molecular weight excluding hydrogens is 222 g/mol. The molecule has 16 heavy (non-hydrogen) atoms. The SMILES string of the molecule is CN(C)C1CCCN(c2nnc(N)s2)CC1. The van der Waals surface area contributed by atoms with Crippen molar-refractivity contribution in [2.75, 3.05) is 37.8 Å². The maximum atomic E-state index is 5.61. The van der Waals surface area contributed by atoms with Crippen molar-refractivity contribution in [1.82, 2.24) is 15.1 Å². The average molecular weight is 241 g/mol. The molecule has 2 N–H and O–H groups in total. The van der Waals surface area contributed by atoms with Crippen LogP contribution in [0.15, 0.2) is 0 Å². The fraction of sp³-hybridized carbons (Fsp3) is 0.800. The van der Waals surface area contributed by atoms with Crippen LogP contribution in [-0.4, -0.2) is 48.3 Å². The number of hydrogen-bond acceptors (Lipinski definition) is 6. The predicted octanol–water partition coefficient (Wildman–Crippen LogP) is 1.04. The Balaban J connectivity index is 1.98. The minimum absolute atomic E-state index is 0.559. The molecular formula is C10H19N5S. The number of anilines is 2. The summed E-state index contributed by atoms with van der Waals surface area (Å²) in [5.41, 5.74) is 5.61. The molecule has 0 amide bonds. The van der Waals surface area contributed by atoms with E-state index in [1.54, 1.807) is 0 Å². The summed E-state index contributed by atoms with van der Waals surface area (Å²) in [6.45, 7) is 2.12. The lowest BCUT2D eigenvalue weighted by Gasteiger charge is -2.22. The maximum absolute atomic E-state index is 5.61.